The highest BCUT2D eigenvalue weighted by Gasteiger charge is 2.30. The van der Waals surface area contributed by atoms with Crippen LogP contribution in [-0.2, 0) is 14.8 Å². The standard InChI is InChI=1S/C23H30FN3O3S/c1-17-5-11-22(12-6-17)31(29,30)27-14-4-13-26(15-16-27)19(3)23(28)25-18(2)20-7-9-21(24)10-8-20/h5-12,18-19H,4,13-16H2,1-3H3,(H,25,28). The molecule has 2 aromatic carbocycles. The molecule has 0 spiro atoms. The Bertz CT molecular complexity index is 994. The van der Waals surface area contributed by atoms with Crippen molar-refractivity contribution in [3.8, 4) is 0 Å². The molecule has 2 aromatic rings. The molecule has 0 saturated carbocycles. The molecule has 168 valence electrons. The van der Waals surface area contributed by atoms with E-state index < -0.39 is 16.1 Å². The molecule has 1 fully saturated rings. The second-order valence-corrected chi connectivity index (χ2v) is 10.0. The van der Waals surface area contributed by atoms with Crippen LogP contribution in [0.1, 0.15) is 37.4 Å². The first kappa shape index (κ1) is 23.4. The minimum atomic E-state index is -3.55. The molecular weight excluding hydrogens is 417 g/mol. The topological polar surface area (TPSA) is 69.7 Å². The predicted octanol–water partition coefficient (Wildman–Crippen LogP) is 3.10. The summed E-state index contributed by atoms with van der Waals surface area (Å²) in [6.45, 7) is 7.48. The number of halogens is 1. The summed E-state index contributed by atoms with van der Waals surface area (Å²) in [4.78, 5) is 15.1. The molecule has 1 saturated heterocycles. The molecule has 1 heterocycles. The Balaban J connectivity index is 1.61. The molecule has 1 amide bonds. The van der Waals surface area contributed by atoms with Crippen molar-refractivity contribution in [1.29, 1.82) is 0 Å². The fourth-order valence-electron chi connectivity index (χ4n) is 3.74. The van der Waals surface area contributed by atoms with E-state index in [0.29, 0.717) is 37.5 Å². The van der Waals surface area contributed by atoms with Crippen molar-refractivity contribution in [2.24, 2.45) is 0 Å². The summed E-state index contributed by atoms with van der Waals surface area (Å²) in [5.41, 5.74) is 1.84. The number of hydrogen-bond donors (Lipinski definition) is 1. The number of carbonyl (C=O) groups excluding carboxylic acids is 1. The Kier molecular flexibility index (Phi) is 7.46. The van der Waals surface area contributed by atoms with Crippen LogP contribution in [0.2, 0.25) is 0 Å². The summed E-state index contributed by atoms with van der Waals surface area (Å²) in [6.07, 6.45) is 0.649. The van der Waals surface area contributed by atoms with Crippen LogP contribution in [0.5, 0.6) is 0 Å². The minimum absolute atomic E-state index is 0.133. The van der Waals surface area contributed by atoms with Gasteiger partial charge in [-0.05, 0) is 57.0 Å². The number of aryl methyl sites for hydroxylation is 1. The first-order valence-electron chi connectivity index (χ1n) is 10.5. The van der Waals surface area contributed by atoms with Gasteiger partial charge < -0.3 is 5.32 Å². The van der Waals surface area contributed by atoms with Gasteiger partial charge in [-0.1, -0.05) is 29.8 Å². The quantitative estimate of drug-likeness (QED) is 0.739. The first-order chi connectivity index (χ1) is 14.7. The highest BCUT2D eigenvalue weighted by atomic mass is 32.2. The van der Waals surface area contributed by atoms with E-state index in [0.717, 1.165) is 11.1 Å². The van der Waals surface area contributed by atoms with Crippen molar-refractivity contribution >= 4 is 15.9 Å². The summed E-state index contributed by atoms with van der Waals surface area (Å²) in [5, 5.41) is 2.97. The second kappa shape index (κ2) is 9.89. The van der Waals surface area contributed by atoms with Gasteiger partial charge >= 0.3 is 0 Å². The maximum atomic E-state index is 13.1. The van der Waals surface area contributed by atoms with Crippen LogP contribution >= 0.6 is 0 Å². The maximum absolute atomic E-state index is 13.1. The molecule has 8 heteroatoms. The number of sulfonamides is 1. The number of benzene rings is 2. The monoisotopic (exact) mass is 447 g/mol. The van der Waals surface area contributed by atoms with E-state index in [1.807, 2.05) is 25.7 Å². The highest BCUT2D eigenvalue weighted by Crippen LogP contribution is 2.19. The van der Waals surface area contributed by atoms with Gasteiger partial charge in [-0.15, -0.1) is 0 Å². The largest absolute Gasteiger partial charge is 0.348 e. The molecule has 1 N–H and O–H groups in total. The molecule has 1 aliphatic heterocycles. The molecule has 6 nitrogen and oxygen atoms in total. The molecule has 2 atom stereocenters. The van der Waals surface area contributed by atoms with Gasteiger partial charge in [0.2, 0.25) is 15.9 Å². The lowest BCUT2D eigenvalue weighted by Gasteiger charge is -2.28. The Labute approximate surface area is 184 Å². The molecular formula is C23H30FN3O3S. The highest BCUT2D eigenvalue weighted by molar-refractivity contribution is 7.89. The molecule has 0 bridgehead atoms. The van der Waals surface area contributed by atoms with E-state index in [-0.39, 0.29) is 17.8 Å². The molecule has 3 rings (SSSR count). The first-order valence-corrected chi connectivity index (χ1v) is 12.0. The Morgan fingerprint density at radius 3 is 2.26 bits per heavy atom. The van der Waals surface area contributed by atoms with E-state index in [1.165, 1.54) is 16.4 Å². The van der Waals surface area contributed by atoms with Crippen molar-refractivity contribution in [2.75, 3.05) is 26.2 Å². The van der Waals surface area contributed by atoms with Gasteiger partial charge in [0.25, 0.3) is 0 Å². The van der Waals surface area contributed by atoms with Crippen molar-refractivity contribution in [1.82, 2.24) is 14.5 Å². The van der Waals surface area contributed by atoms with E-state index in [4.69, 9.17) is 0 Å². The maximum Gasteiger partial charge on any atom is 0.243 e. The van der Waals surface area contributed by atoms with Crippen molar-refractivity contribution in [3.63, 3.8) is 0 Å². The van der Waals surface area contributed by atoms with Crippen molar-refractivity contribution in [3.05, 3.63) is 65.5 Å². The van der Waals surface area contributed by atoms with E-state index >= 15 is 0 Å². The summed E-state index contributed by atoms with van der Waals surface area (Å²) >= 11 is 0. The Hall–Kier alpha value is -2.29. The smallest absolute Gasteiger partial charge is 0.243 e. The van der Waals surface area contributed by atoms with E-state index in [9.17, 15) is 17.6 Å². The SMILES string of the molecule is Cc1ccc(S(=O)(=O)N2CCCN(C(C)C(=O)NC(C)c3ccc(F)cc3)CC2)cc1. The van der Waals surface area contributed by atoms with Gasteiger partial charge in [0, 0.05) is 26.2 Å². The molecule has 0 aliphatic carbocycles. The lowest BCUT2D eigenvalue weighted by molar-refractivity contribution is -0.126. The number of carbonyl (C=O) groups is 1. The summed E-state index contributed by atoms with van der Waals surface area (Å²) in [6, 6.07) is 12.3. The van der Waals surface area contributed by atoms with Gasteiger partial charge in [0.15, 0.2) is 0 Å². The minimum Gasteiger partial charge on any atom is -0.348 e. The number of nitrogens with one attached hydrogen (secondary N) is 1. The second-order valence-electron chi connectivity index (χ2n) is 8.06. The van der Waals surface area contributed by atoms with Crippen LogP contribution in [0.15, 0.2) is 53.4 Å². The summed E-state index contributed by atoms with van der Waals surface area (Å²) < 4.78 is 40.6. The lowest BCUT2D eigenvalue weighted by Crippen LogP contribution is -2.47. The summed E-state index contributed by atoms with van der Waals surface area (Å²) in [5.74, 6) is -0.447. The number of hydrogen-bond acceptors (Lipinski definition) is 4. The third kappa shape index (κ3) is 5.70. The average molecular weight is 448 g/mol. The van der Waals surface area contributed by atoms with E-state index in [2.05, 4.69) is 5.32 Å². The van der Waals surface area contributed by atoms with Crippen LogP contribution in [0.3, 0.4) is 0 Å². The third-order valence-corrected chi connectivity index (χ3v) is 7.72. The van der Waals surface area contributed by atoms with Gasteiger partial charge in [0.05, 0.1) is 17.0 Å². The van der Waals surface area contributed by atoms with Gasteiger partial charge in [-0.3, -0.25) is 9.69 Å². The molecule has 0 radical (unpaired) electrons. The van der Waals surface area contributed by atoms with Gasteiger partial charge in [-0.2, -0.15) is 4.31 Å². The predicted molar refractivity (Wildman–Crippen MR) is 119 cm³/mol. The number of rotatable bonds is 6. The number of nitrogens with zero attached hydrogens (tertiary/aromatic N) is 2. The Morgan fingerprint density at radius 1 is 0.968 bits per heavy atom. The fourth-order valence-corrected chi connectivity index (χ4v) is 5.20. The fraction of sp³-hybridized carbons (Fsp3) is 0.435. The van der Waals surface area contributed by atoms with Crippen molar-refractivity contribution in [2.45, 2.75) is 44.2 Å². The van der Waals surface area contributed by atoms with Crippen molar-refractivity contribution < 1.29 is 17.6 Å². The molecule has 0 aromatic heterocycles. The van der Waals surface area contributed by atoms with Crippen LogP contribution < -0.4 is 5.32 Å². The Morgan fingerprint density at radius 2 is 1.61 bits per heavy atom. The zero-order valence-corrected chi connectivity index (χ0v) is 19.0. The zero-order valence-electron chi connectivity index (χ0n) is 18.2. The van der Waals surface area contributed by atoms with Crippen LogP contribution in [0.4, 0.5) is 4.39 Å². The van der Waals surface area contributed by atoms with E-state index in [1.54, 1.807) is 36.4 Å². The van der Waals surface area contributed by atoms with Crippen LogP contribution in [0, 0.1) is 12.7 Å². The molecule has 1 aliphatic rings. The average Bonchev–Trinajstić information content (AvgIpc) is 3.00. The lowest BCUT2D eigenvalue weighted by atomic mass is 10.1. The third-order valence-electron chi connectivity index (χ3n) is 5.80. The normalized spacial score (nSPS) is 18.2. The van der Waals surface area contributed by atoms with Gasteiger partial charge in [-0.25, -0.2) is 12.8 Å². The van der Waals surface area contributed by atoms with Crippen LogP contribution in [-0.4, -0.2) is 55.8 Å². The van der Waals surface area contributed by atoms with Gasteiger partial charge in [0.1, 0.15) is 5.82 Å². The number of amides is 1. The zero-order chi connectivity index (χ0) is 22.6. The van der Waals surface area contributed by atoms with Crippen LogP contribution in [0.25, 0.3) is 0 Å². The molecule has 31 heavy (non-hydrogen) atoms. The summed E-state index contributed by atoms with van der Waals surface area (Å²) in [7, 11) is -3.55. The molecule has 2 unspecified atom stereocenters.